The molecule has 0 heterocycles. The zero-order valence-electron chi connectivity index (χ0n) is 9.49. The highest BCUT2D eigenvalue weighted by atomic mass is 16.1. The van der Waals surface area contributed by atoms with Crippen LogP contribution in [0.1, 0.15) is 44.6 Å². The second-order valence-corrected chi connectivity index (χ2v) is 4.56. The van der Waals surface area contributed by atoms with Gasteiger partial charge in [0.2, 0.25) is 0 Å². The second-order valence-electron chi connectivity index (χ2n) is 4.56. The van der Waals surface area contributed by atoms with Gasteiger partial charge in [-0.1, -0.05) is 44.2 Å². The molecule has 1 nitrogen and oxygen atoms in total. The molecule has 15 heavy (non-hydrogen) atoms. The molecule has 0 bridgehead atoms. The lowest BCUT2D eigenvalue weighted by atomic mass is 9.54. The molecule has 1 fully saturated rings. The van der Waals surface area contributed by atoms with Crippen molar-refractivity contribution in [2.45, 2.75) is 39.0 Å². The van der Waals surface area contributed by atoms with Gasteiger partial charge in [-0.3, -0.25) is 4.79 Å². The summed E-state index contributed by atoms with van der Waals surface area (Å²) in [5.41, 5.74) is 1.45. The molecular weight excluding hydrogens is 184 g/mol. The van der Waals surface area contributed by atoms with Crippen LogP contribution in [0.3, 0.4) is 0 Å². The Balaban J connectivity index is 2.31. The summed E-state index contributed by atoms with van der Waals surface area (Å²) >= 11 is 0. The average Bonchev–Trinajstić information content (AvgIpc) is 2.26. The lowest BCUT2D eigenvalue weighted by molar-refractivity contribution is -0.137. The van der Waals surface area contributed by atoms with E-state index in [1.165, 1.54) is 5.56 Å². The van der Waals surface area contributed by atoms with E-state index in [9.17, 15) is 4.79 Å². The number of hydrogen-bond acceptors (Lipinski definition) is 1. The van der Waals surface area contributed by atoms with Crippen LogP contribution in [0.15, 0.2) is 30.3 Å². The first-order valence-corrected chi connectivity index (χ1v) is 5.81. The summed E-state index contributed by atoms with van der Waals surface area (Å²) in [5, 5.41) is 0. The van der Waals surface area contributed by atoms with E-state index in [0.717, 1.165) is 19.3 Å². The predicted molar refractivity (Wildman–Crippen MR) is 61.8 cm³/mol. The molecule has 0 spiro atoms. The fourth-order valence-electron chi connectivity index (χ4n) is 2.85. The Morgan fingerprint density at radius 1 is 1.20 bits per heavy atom. The maximum atomic E-state index is 11.8. The van der Waals surface area contributed by atoms with Crippen LogP contribution in [0.4, 0.5) is 0 Å². The lowest BCUT2D eigenvalue weighted by Gasteiger charge is -2.47. The Kier molecular flexibility index (Phi) is 2.64. The third kappa shape index (κ3) is 1.50. The van der Waals surface area contributed by atoms with Gasteiger partial charge >= 0.3 is 0 Å². The van der Waals surface area contributed by atoms with E-state index < -0.39 is 0 Å². The summed E-state index contributed by atoms with van der Waals surface area (Å²) in [6, 6.07) is 10.2. The van der Waals surface area contributed by atoms with Gasteiger partial charge in [0.25, 0.3) is 0 Å². The molecule has 0 saturated heterocycles. The van der Waals surface area contributed by atoms with Gasteiger partial charge in [0.05, 0.1) is 0 Å². The number of benzene rings is 1. The number of ketones is 1. The fraction of sp³-hybridized carbons (Fsp3) is 0.500. The predicted octanol–water partition coefficient (Wildman–Crippen LogP) is 3.55. The molecule has 80 valence electrons. The van der Waals surface area contributed by atoms with E-state index in [0.29, 0.717) is 5.78 Å². The van der Waals surface area contributed by atoms with E-state index in [1.54, 1.807) is 0 Å². The molecule has 1 atom stereocenters. The topological polar surface area (TPSA) is 17.1 Å². The summed E-state index contributed by atoms with van der Waals surface area (Å²) in [7, 11) is 0. The Bertz CT molecular complexity index is 349. The number of carbonyl (C=O) groups is 1. The summed E-state index contributed by atoms with van der Waals surface area (Å²) in [4.78, 5) is 11.8. The minimum Gasteiger partial charge on any atom is -0.299 e. The molecule has 0 amide bonds. The number of hydrogen-bond donors (Lipinski definition) is 0. The minimum absolute atomic E-state index is 0.161. The van der Waals surface area contributed by atoms with Gasteiger partial charge in [0.15, 0.2) is 0 Å². The monoisotopic (exact) mass is 202 g/mol. The molecular formula is C14H18O. The van der Waals surface area contributed by atoms with E-state index in [4.69, 9.17) is 0 Å². The van der Waals surface area contributed by atoms with Gasteiger partial charge in [-0.05, 0) is 23.8 Å². The molecule has 1 unspecified atom stereocenters. The van der Waals surface area contributed by atoms with Gasteiger partial charge in [0.1, 0.15) is 5.78 Å². The minimum atomic E-state index is 0.161. The number of rotatable bonds is 3. The summed E-state index contributed by atoms with van der Waals surface area (Å²) in [5.74, 6) is 0.582. The lowest BCUT2D eigenvalue weighted by Crippen LogP contribution is -2.45. The Labute approximate surface area is 91.5 Å². The van der Waals surface area contributed by atoms with Crippen molar-refractivity contribution >= 4 is 5.78 Å². The molecule has 2 rings (SSSR count). The first-order chi connectivity index (χ1) is 7.23. The highest BCUT2D eigenvalue weighted by Gasteiger charge is 2.51. The highest BCUT2D eigenvalue weighted by molar-refractivity contribution is 5.93. The fourth-order valence-corrected chi connectivity index (χ4v) is 2.85. The van der Waals surface area contributed by atoms with Crippen LogP contribution in [-0.4, -0.2) is 5.78 Å². The van der Waals surface area contributed by atoms with Crippen molar-refractivity contribution in [1.82, 2.24) is 0 Å². The molecule has 1 aromatic carbocycles. The first-order valence-electron chi connectivity index (χ1n) is 5.81. The van der Waals surface area contributed by atoms with Crippen LogP contribution in [0.5, 0.6) is 0 Å². The Morgan fingerprint density at radius 2 is 1.80 bits per heavy atom. The van der Waals surface area contributed by atoms with Gasteiger partial charge in [-0.2, -0.15) is 0 Å². The van der Waals surface area contributed by atoms with Crippen LogP contribution in [0, 0.1) is 5.41 Å². The molecule has 0 aliphatic heterocycles. The second kappa shape index (κ2) is 3.80. The molecule has 1 aliphatic rings. The van der Waals surface area contributed by atoms with E-state index in [2.05, 4.69) is 26.0 Å². The third-order valence-electron chi connectivity index (χ3n) is 4.00. The van der Waals surface area contributed by atoms with E-state index in [-0.39, 0.29) is 11.3 Å². The number of carbonyl (C=O) groups excluding carboxylic acids is 1. The molecule has 0 aromatic heterocycles. The summed E-state index contributed by atoms with van der Waals surface area (Å²) in [6.07, 6.45) is 2.99. The van der Waals surface area contributed by atoms with Crippen molar-refractivity contribution in [2.24, 2.45) is 5.41 Å². The van der Waals surface area contributed by atoms with Crippen LogP contribution in [0.25, 0.3) is 0 Å². The van der Waals surface area contributed by atoms with Crippen LogP contribution < -0.4 is 0 Å². The molecule has 1 heteroatoms. The van der Waals surface area contributed by atoms with Crippen molar-refractivity contribution in [2.75, 3.05) is 0 Å². The normalized spacial score (nSPS) is 23.6. The van der Waals surface area contributed by atoms with E-state index in [1.807, 2.05) is 18.2 Å². The largest absolute Gasteiger partial charge is 0.299 e. The molecule has 1 aliphatic carbocycles. The van der Waals surface area contributed by atoms with Crippen molar-refractivity contribution in [3.05, 3.63) is 35.9 Å². The zero-order valence-corrected chi connectivity index (χ0v) is 9.49. The smallest absolute Gasteiger partial charge is 0.141 e. The quantitative estimate of drug-likeness (QED) is 0.732. The van der Waals surface area contributed by atoms with Gasteiger partial charge in [0, 0.05) is 12.3 Å². The van der Waals surface area contributed by atoms with Gasteiger partial charge in [-0.25, -0.2) is 0 Å². The summed E-state index contributed by atoms with van der Waals surface area (Å²) in [6.45, 7) is 4.40. The maximum absolute atomic E-state index is 11.8. The van der Waals surface area contributed by atoms with Gasteiger partial charge in [-0.15, -0.1) is 0 Å². The molecule has 0 radical (unpaired) electrons. The number of Topliss-reactive ketones (excluding diaryl/α,β-unsaturated/α-hetero) is 1. The van der Waals surface area contributed by atoms with Crippen LogP contribution in [-0.2, 0) is 4.79 Å². The van der Waals surface area contributed by atoms with Gasteiger partial charge < -0.3 is 0 Å². The average molecular weight is 202 g/mol. The maximum Gasteiger partial charge on any atom is 0.141 e. The SMILES string of the molecule is CCC1(CC)CC(=O)C1c1ccccc1. The Hall–Kier alpha value is -1.11. The van der Waals surface area contributed by atoms with Crippen molar-refractivity contribution in [3.63, 3.8) is 0 Å². The Morgan fingerprint density at radius 3 is 2.27 bits per heavy atom. The third-order valence-corrected chi connectivity index (χ3v) is 4.00. The highest BCUT2D eigenvalue weighted by Crippen LogP contribution is 2.54. The van der Waals surface area contributed by atoms with Crippen molar-refractivity contribution < 1.29 is 4.79 Å². The zero-order chi connectivity index (χ0) is 10.9. The summed E-state index contributed by atoms with van der Waals surface area (Å²) < 4.78 is 0. The van der Waals surface area contributed by atoms with Crippen molar-refractivity contribution in [3.8, 4) is 0 Å². The molecule has 0 N–H and O–H groups in total. The molecule has 1 saturated carbocycles. The molecule has 1 aromatic rings. The standard InChI is InChI=1S/C14H18O/c1-3-14(4-2)10-12(15)13(14)11-8-6-5-7-9-11/h5-9,13H,3-4,10H2,1-2H3. The van der Waals surface area contributed by atoms with Crippen molar-refractivity contribution in [1.29, 1.82) is 0 Å². The van der Waals surface area contributed by atoms with E-state index >= 15 is 0 Å². The van der Waals surface area contributed by atoms with Crippen LogP contribution in [0.2, 0.25) is 0 Å². The first kappa shape index (κ1) is 10.4. The van der Waals surface area contributed by atoms with Crippen LogP contribution >= 0.6 is 0 Å².